The number of H-pyrrole nitrogens is 1. The molecule has 52 heavy (non-hydrogen) atoms. The molecule has 2 aromatic carbocycles. The van der Waals surface area contributed by atoms with Gasteiger partial charge >= 0.3 is 0 Å². The molecule has 9 rings (SSSR count). The Labute approximate surface area is 315 Å². The number of pyridine rings is 1. The first kappa shape index (κ1) is 34.3. The predicted octanol–water partition coefficient (Wildman–Crippen LogP) is 8.96. The molecular weight excluding hydrogens is 691 g/mol. The number of phenols is 1. The van der Waals surface area contributed by atoms with E-state index < -0.39 is 5.60 Å². The number of para-hydroxylation sites is 1. The Morgan fingerprint density at radius 2 is 1.73 bits per heavy atom. The van der Waals surface area contributed by atoms with Gasteiger partial charge in [0.2, 0.25) is 0 Å². The zero-order chi connectivity index (χ0) is 35.6. The highest BCUT2D eigenvalue weighted by molar-refractivity contribution is 6.37. The van der Waals surface area contributed by atoms with Crippen LogP contribution in [-0.4, -0.2) is 79.6 Å². The largest absolute Gasteiger partial charge is 0.506 e. The fourth-order valence-corrected chi connectivity index (χ4v) is 11.3. The van der Waals surface area contributed by atoms with Crippen LogP contribution in [0, 0.1) is 11.3 Å². The van der Waals surface area contributed by atoms with Gasteiger partial charge < -0.3 is 20.1 Å². The van der Waals surface area contributed by atoms with Crippen LogP contribution in [-0.2, 0) is 4.79 Å². The second kappa shape index (κ2) is 13.4. The third-order valence-electron chi connectivity index (χ3n) is 13.0. The number of Topliss-reactive ketones (excluding diaryl/α,β-unsaturated/α-hetero) is 1. The molecule has 6 heterocycles. The number of hydrogen-bond acceptors (Lipinski definition) is 6. The number of aromatic nitrogens is 2. The Hall–Kier alpha value is -3.46. The maximum absolute atomic E-state index is 13.8. The van der Waals surface area contributed by atoms with E-state index in [4.69, 9.17) is 28.2 Å². The SMILES string of the molecule is O=C1CC[C@H]2C[C@]34CN5CCCC/C=C\CC[C@](O)(C=C(c6nccc7c6[nH]c6c(O)cccc67)[C@@H]3CC5)[C@@H]4N2CC/C1=C/c1c(Cl)cccc1Cl. The van der Waals surface area contributed by atoms with Crippen LogP contribution in [0.25, 0.3) is 33.5 Å². The topological polar surface area (TPSA) is 92.7 Å². The highest BCUT2D eigenvalue weighted by Gasteiger charge is 2.66. The summed E-state index contributed by atoms with van der Waals surface area (Å²) in [4.78, 5) is 27.7. The second-order valence-electron chi connectivity index (χ2n) is 15.9. The van der Waals surface area contributed by atoms with Gasteiger partial charge in [0.15, 0.2) is 5.78 Å². The van der Waals surface area contributed by atoms with Crippen LogP contribution in [0.1, 0.15) is 75.5 Å². The van der Waals surface area contributed by atoms with E-state index in [0.717, 1.165) is 91.3 Å². The molecule has 7 nitrogen and oxygen atoms in total. The molecule has 2 aromatic heterocycles. The third-order valence-corrected chi connectivity index (χ3v) is 13.6. The number of aliphatic hydroxyl groups is 1. The molecular formula is C43H46Cl2N4O3. The minimum atomic E-state index is -1.13. The summed E-state index contributed by atoms with van der Waals surface area (Å²) in [7, 11) is 0. The molecule has 4 aromatic rings. The zero-order valence-corrected chi connectivity index (χ0v) is 31.0. The fourth-order valence-electron chi connectivity index (χ4n) is 10.8. The molecule has 0 radical (unpaired) electrons. The molecule has 9 heteroatoms. The quantitative estimate of drug-likeness (QED) is 0.141. The summed E-state index contributed by atoms with van der Waals surface area (Å²) in [6.07, 6.45) is 19.0. The Morgan fingerprint density at radius 3 is 2.60 bits per heavy atom. The number of fused-ring (bicyclic) bond motifs is 5. The number of aromatic hydroxyl groups is 1. The van der Waals surface area contributed by atoms with Crippen LogP contribution in [0.5, 0.6) is 5.75 Å². The van der Waals surface area contributed by atoms with Crippen molar-refractivity contribution in [1.82, 2.24) is 19.8 Å². The molecule has 3 fully saturated rings. The zero-order valence-electron chi connectivity index (χ0n) is 29.5. The minimum Gasteiger partial charge on any atom is -0.506 e. The molecule has 1 unspecified atom stereocenters. The van der Waals surface area contributed by atoms with Gasteiger partial charge in [0, 0.05) is 69.6 Å². The van der Waals surface area contributed by atoms with Crippen molar-refractivity contribution in [3.8, 4) is 5.75 Å². The Morgan fingerprint density at radius 1 is 0.923 bits per heavy atom. The van der Waals surface area contributed by atoms with Gasteiger partial charge in [0.1, 0.15) is 5.75 Å². The first-order valence-corrected chi connectivity index (χ1v) is 19.9. The number of aromatic amines is 1. The van der Waals surface area contributed by atoms with Crippen LogP contribution < -0.4 is 0 Å². The van der Waals surface area contributed by atoms with E-state index in [2.05, 4.69) is 33.0 Å². The van der Waals surface area contributed by atoms with Gasteiger partial charge in [-0.1, -0.05) is 53.6 Å². The number of nitrogens with one attached hydrogen (secondary N) is 1. The smallest absolute Gasteiger partial charge is 0.158 e. The van der Waals surface area contributed by atoms with E-state index in [1.54, 1.807) is 6.07 Å². The minimum absolute atomic E-state index is 0.111. The number of nitrogens with zero attached hydrogens (tertiary/aromatic N) is 3. The van der Waals surface area contributed by atoms with Crippen molar-refractivity contribution in [3.63, 3.8) is 0 Å². The molecule has 1 aliphatic carbocycles. The molecule has 3 bridgehead atoms. The van der Waals surface area contributed by atoms with Crippen molar-refractivity contribution in [2.24, 2.45) is 11.3 Å². The molecule has 0 amide bonds. The van der Waals surface area contributed by atoms with Crippen molar-refractivity contribution >= 4 is 62.4 Å². The van der Waals surface area contributed by atoms with Gasteiger partial charge in [-0.2, -0.15) is 0 Å². The summed E-state index contributed by atoms with van der Waals surface area (Å²) in [6.45, 7) is 3.65. The highest BCUT2D eigenvalue weighted by atomic mass is 35.5. The van der Waals surface area contributed by atoms with Gasteiger partial charge in [-0.25, -0.2) is 0 Å². The van der Waals surface area contributed by atoms with Crippen LogP contribution in [0.15, 0.2) is 72.5 Å². The average Bonchev–Trinajstić information content (AvgIpc) is 3.66. The first-order chi connectivity index (χ1) is 25.3. The van der Waals surface area contributed by atoms with Crippen LogP contribution >= 0.6 is 23.2 Å². The van der Waals surface area contributed by atoms with E-state index in [-0.39, 0.29) is 34.9 Å². The average molecular weight is 738 g/mol. The number of hydrogen-bond donors (Lipinski definition) is 3. The first-order valence-electron chi connectivity index (χ1n) is 19.1. The van der Waals surface area contributed by atoms with Crippen molar-refractivity contribution in [2.75, 3.05) is 26.2 Å². The Kier molecular flexibility index (Phi) is 8.87. The number of allylic oxidation sites excluding steroid dienone is 3. The van der Waals surface area contributed by atoms with Gasteiger partial charge in [-0.15, -0.1) is 0 Å². The molecule has 3 N–H and O–H groups in total. The number of ketones is 1. The molecule has 3 saturated heterocycles. The molecule has 4 aliphatic heterocycles. The normalized spacial score (nSPS) is 32.7. The van der Waals surface area contributed by atoms with Crippen LogP contribution in [0.2, 0.25) is 10.0 Å². The van der Waals surface area contributed by atoms with Gasteiger partial charge in [0.25, 0.3) is 0 Å². The lowest BCUT2D eigenvalue weighted by atomic mass is 9.54. The number of carbonyl (C=O) groups is 1. The molecule has 0 saturated carbocycles. The molecule has 270 valence electrons. The van der Waals surface area contributed by atoms with Crippen molar-refractivity contribution in [3.05, 3.63) is 93.8 Å². The standard InChI is InChI=1S/C43H46Cl2N4O3/c44-34-10-8-11-35(45)31(34)23-27-16-22-49-28(13-14-36(27)50)24-42-26-48-20-6-4-2-1-3-5-18-43(52,41(42)49)25-32(33(42)17-21-48)39-40-30(15-19-46-39)29-9-7-12-37(51)38(29)47-40/h1,3,7-12,15,19,23,25,28,33,41,47,51-52H,2,4-6,13-14,16-18,20-22,24,26H2/b3-1-,27-23-/t28-,33-,41+,42-,43-/m0/s1. The maximum Gasteiger partial charge on any atom is 0.158 e. The second-order valence-corrected chi connectivity index (χ2v) is 16.7. The number of rotatable bonds is 2. The number of carbonyl (C=O) groups excluding carboxylic acids is 1. The summed E-state index contributed by atoms with van der Waals surface area (Å²) in [5.74, 6) is 0.549. The molecule has 5 aliphatic rings. The van der Waals surface area contributed by atoms with Crippen molar-refractivity contribution < 1.29 is 15.0 Å². The summed E-state index contributed by atoms with van der Waals surface area (Å²) in [5.41, 5.74) is 3.69. The van der Waals surface area contributed by atoms with E-state index in [1.807, 2.05) is 48.7 Å². The number of piperidine rings is 1. The Balaban J connectivity index is 1.19. The van der Waals surface area contributed by atoms with Gasteiger partial charge in [-0.05, 0) is 124 Å². The summed E-state index contributed by atoms with van der Waals surface area (Å²) in [5, 5.41) is 27.3. The van der Waals surface area contributed by atoms with Crippen LogP contribution in [0.3, 0.4) is 0 Å². The number of phenolic OH excluding ortho intramolecular Hbond substituents is 1. The monoisotopic (exact) mass is 736 g/mol. The van der Waals surface area contributed by atoms with E-state index in [9.17, 15) is 15.0 Å². The summed E-state index contributed by atoms with van der Waals surface area (Å²) < 4.78 is 0. The maximum atomic E-state index is 13.8. The molecule has 6 atom stereocenters. The van der Waals surface area contributed by atoms with Gasteiger partial charge in [-0.3, -0.25) is 14.7 Å². The van der Waals surface area contributed by atoms with Crippen molar-refractivity contribution in [2.45, 2.75) is 81.9 Å². The number of benzene rings is 2. The summed E-state index contributed by atoms with van der Waals surface area (Å²) >= 11 is 13.2. The van der Waals surface area contributed by atoms with Crippen LogP contribution in [0.4, 0.5) is 0 Å². The lowest BCUT2D eigenvalue weighted by Crippen LogP contribution is -2.65. The molecule has 1 spiro atoms. The lowest BCUT2D eigenvalue weighted by Gasteiger charge is -2.58. The fraction of sp³-hybridized carbons (Fsp3) is 0.442. The lowest BCUT2D eigenvalue weighted by molar-refractivity contribution is -0.116. The Bertz CT molecular complexity index is 2140. The van der Waals surface area contributed by atoms with E-state index in [1.165, 1.54) is 6.42 Å². The number of halogens is 2. The van der Waals surface area contributed by atoms with Crippen molar-refractivity contribution in [1.29, 1.82) is 0 Å². The van der Waals surface area contributed by atoms with E-state index in [0.29, 0.717) is 46.9 Å². The predicted molar refractivity (Wildman–Crippen MR) is 210 cm³/mol. The highest BCUT2D eigenvalue weighted by Crippen LogP contribution is 2.62. The summed E-state index contributed by atoms with van der Waals surface area (Å²) in [6, 6.07) is 13.2. The third kappa shape index (κ3) is 5.66. The van der Waals surface area contributed by atoms with Gasteiger partial charge in [0.05, 0.1) is 22.3 Å². The van der Waals surface area contributed by atoms with E-state index >= 15 is 0 Å².